The Morgan fingerprint density at radius 1 is 1.19 bits per heavy atom. The van der Waals surface area contributed by atoms with Gasteiger partial charge in [0.15, 0.2) is 0 Å². The molecule has 0 unspecified atom stereocenters. The molecule has 8 heteroatoms. The minimum Gasteiger partial charge on any atom is -0.398 e. The molecule has 0 aliphatic rings. The molecule has 1 aromatic carbocycles. The number of hydrogen-bond donors (Lipinski definition) is 3. The van der Waals surface area contributed by atoms with E-state index in [1.54, 1.807) is 18.3 Å². The number of hydrogen-bond acceptors (Lipinski definition) is 5. The summed E-state index contributed by atoms with van der Waals surface area (Å²) in [7, 11) is 0. The summed E-state index contributed by atoms with van der Waals surface area (Å²) in [6.45, 7) is -0.278. The number of carbonyl (C=O) groups is 2. The first-order valence-electron chi connectivity index (χ1n) is 6.03. The van der Waals surface area contributed by atoms with Crippen LogP contribution in [0, 0.1) is 0 Å². The van der Waals surface area contributed by atoms with Crippen molar-refractivity contribution in [2.75, 3.05) is 23.7 Å². The second-order valence-electron chi connectivity index (χ2n) is 4.51. The van der Waals surface area contributed by atoms with Gasteiger partial charge in [-0.15, -0.1) is 0 Å². The van der Waals surface area contributed by atoms with Crippen molar-refractivity contribution in [1.29, 1.82) is 0 Å². The molecule has 0 aliphatic carbocycles. The molecule has 0 spiro atoms. The lowest BCUT2D eigenvalue weighted by Crippen LogP contribution is -2.39. The van der Waals surface area contributed by atoms with Gasteiger partial charge >= 0.3 is 0 Å². The SMILES string of the molecule is NC(=O)CN(CC(N)=O)c1ccc(N)c2cc(Br)cnc12. The van der Waals surface area contributed by atoms with Crippen molar-refractivity contribution in [3.05, 3.63) is 28.9 Å². The van der Waals surface area contributed by atoms with E-state index in [4.69, 9.17) is 17.2 Å². The number of nitrogen functional groups attached to an aromatic ring is 1. The maximum absolute atomic E-state index is 11.2. The zero-order chi connectivity index (χ0) is 15.6. The highest BCUT2D eigenvalue weighted by molar-refractivity contribution is 9.10. The number of primary amides is 2. The summed E-state index contributed by atoms with van der Waals surface area (Å²) in [6, 6.07) is 5.18. The van der Waals surface area contributed by atoms with E-state index in [1.807, 2.05) is 6.07 Å². The van der Waals surface area contributed by atoms with Crippen LogP contribution < -0.4 is 22.1 Å². The minimum absolute atomic E-state index is 0.139. The monoisotopic (exact) mass is 351 g/mol. The molecular formula is C13H14BrN5O2. The van der Waals surface area contributed by atoms with Gasteiger partial charge < -0.3 is 22.1 Å². The predicted molar refractivity (Wildman–Crippen MR) is 84.5 cm³/mol. The van der Waals surface area contributed by atoms with E-state index < -0.39 is 11.8 Å². The van der Waals surface area contributed by atoms with Crippen LogP contribution in [-0.2, 0) is 9.59 Å². The van der Waals surface area contributed by atoms with Gasteiger partial charge in [0.25, 0.3) is 0 Å². The average molecular weight is 352 g/mol. The van der Waals surface area contributed by atoms with Gasteiger partial charge in [-0.3, -0.25) is 14.6 Å². The number of anilines is 2. The number of aromatic nitrogens is 1. The summed E-state index contributed by atoms with van der Waals surface area (Å²) in [5.74, 6) is -1.14. The second-order valence-corrected chi connectivity index (χ2v) is 5.43. The third-order valence-electron chi connectivity index (χ3n) is 2.86. The lowest BCUT2D eigenvalue weighted by Gasteiger charge is -2.23. The topological polar surface area (TPSA) is 128 Å². The summed E-state index contributed by atoms with van der Waals surface area (Å²) in [4.78, 5) is 28.2. The van der Waals surface area contributed by atoms with E-state index in [-0.39, 0.29) is 13.1 Å². The first-order valence-corrected chi connectivity index (χ1v) is 6.83. The predicted octanol–water partition coefficient (Wildman–Crippen LogP) is 0.357. The van der Waals surface area contributed by atoms with E-state index in [2.05, 4.69) is 20.9 Å². The van der Waals surface area contributed by atoms with E-state index in [0.29, 0.717) is 22.3 Å². The van der Waals surface area contributed by atoms with Crippen LogP contribution in [0.2, 0.25) is 0 Å². The highest BCUT2D eigenvalue weighted by atomic mass is 79.9. The lowest BCUT2D eigenvalue weighted by molar-refractivity contribution is -0.117. The molecule has 2 amide bonds. The molecule has 0 bridgehead atoms. The second kappa shape index (κ2) is 5.96. The quantitative estimate of drug-likeness (QED) is 0.669. The molecule has 7 nitrogen and oxygen atoms in total. The van der Waals surface area contributed by atoms with E-state index >= 15 is 0 Å². The number of nitrogens with two attached hydrogens (primary N) is 3. The molecule has 2 aromatic rings. The highest BCUT2D eigenvalue weighted by Gasteiger charge is 2.16. The number of pyridine rings is 1. The van der Waals surface area contributed by atoms with Gasteiger partial charge in [0.1, 0.15) is 0 Å². The number of halogens is 1. The van der Waals surface area contributed by atoms with Crippen molar-refractivity contribution in [1.82, 2.24) is 4.98 Å². The molecule has 0 radical (unpaired) electrons. The van der Waals surface area contributed by atoms with E-state index in [9.17, 15) is 9.59 Å². The Hall–Kier alpha value is -2.35. The normalized spacial score (nSPS) is 10.5. The van der Waals surface area contributed by atoms with Gasteiger partial charge in [-0.2, -0.15) is 0 Å². The number of amides is 2. The molecule has 0 saturated heterocycles. The standard InChI is InChI=1S/C13H14BrN5O2/c14-7-3-8-9(15)1-2-10(13(8)18-4-7)19(5-11(16)20)6-12(17)21/h1-4H,5-6,15H2,(H2,16,20)(H2,17,21). The first kappa shape index (κ1) is 15.0. The highest BCUT2D eigenvalue weighted by Crippen LogP contribution is 2.31. The molecule has 0 aliphatic heterocycles. The number of benzene rings is 1. The maximum atomic E-state index is 11.2. The molecule has 21 heavy (non-hydrogen) atoms. The van der Waals surface area contributed by atoms with Gasteiger partial charge in [0.05, 0.1) is 24.3 Å². The van der Waals surface area contributed by atoms with Crippen LogP contribution in [0.3, 0.4) is 0 Å². The number of nitrogens with zero attached hydrogens (tertiary/aromatic N) is 2. The van der Waals surface area contributed by atoms with Crippen LogP contribution >= 0.6 is 15.9 Å². The fourth-order valence-corrected chi connectivity index (χ4v) is 2.39. The molecule has 110 valence electrons. The molecule has 0 fully saturated rings. The Morgan fingerprint density at radius 2 is 1.81 bits per heavy atom. The molecule has 6 N–H and O–H groups in total. The van der Waals surface area contributed by atoms with Crippen molar-refractivity contribution in [2.45, 2.75) is 0 Å². The molecule has 0 atom stereocenters. The maximum Gasteiger partial charge on any atom is 0.236 e. The van der Waals surface area contributed by atoms with Crippen LogP contribution in [0.25, 0.3) is 10.9 Å². The largest absolute Gasteiger partial charge is 0.398 e. The summed E-state index contributed by atoms with van der Waals surface area (Å²) < 4.78 is 0.773. The average Bonchev–Trinajstić information content (AvgIpc) is 2.38. The summed E-state index contributed by atoms with van der Waals surface area (Å²) in [5, 5.41) is 0.709. The smallest absolute Gasteiger partial charge is 0.236 e. The number of carbonyl (C=O) groups excluding carboxylic acids is 2. The van der Waals surface area contributed by atoms with Crippen molar-refractivity contribution >= 4 is 50.0 Å². The Morgan fingerprint density at radius 3 is 2.38 bits per heavy atom. The third kappa shape index (κ3) is 3.40. The molecule has 2 rings (SSSR count). The summed E-state index contributed by atoms with van der Waals surface area (Å²) in [6.07, 6.45) is 1.61. The fourth-order valence-electron chi connectivity index (χ4n) is 2.06. The fraction of sp³-hybridized carbons (Fsp3) is 0.154. The molecule has 0 saturated carbocycles. The van der Waals surface area contributed by atoms with Crippen LogP contribution in [0.1, 0.15) is 0 Å². The van der Waals surface area contributed by atoms with Crippen LogP contribution in [0.4, 0.5) is 11.4 Å². The van der Waals surface area contributed by atoms with Crippen LogP contribution in [0.15, 0.2) is 28.9 Å². The Bertz CT molecular complexity index is 703. The van der Waals surface area contributed by atoms with E-state index in [0.717, 1.165) is 4.47 Å². The van der Waals surface area contributed by atoms with Crippen LogP contribution in [-0.4, -0.2) is 29.9 Å². The van der Waals surface area contributed by atoms with Crippen LogP contribution in [0.5, 0.6) is 0 Å². The molecule has 1 aromatic heterocycles. The van der Waals surface area contributed by atoms with Gasteiger partial charge in [-0.05, 0) is 34.1 Å². The zero-order valence-electron chi connectivity index (χ0n) is 11.0. The van der Waals surface area contributed by atoms with Gasteiger partial charge in [-0.25, -0.2) is 0 Å². The van der Waals surface area contributed by atoms with Crippen molar-refractivity contribution in [3.8, 4) is 0 Å². The van der Waals surface area contributed by atoms with Gasteiger partial charge in [0, 0.05) is 21.7 Å². The first-order chi connectivity index (χ1) is 9.88. The summed E-state index contributed by atoms with van der Waals surface area (Å²) >= 11 is 3.33. The Kier molecular flexibility index (Phi) is 4.27. The summed E-state index contributed by atoms with van der Waals surface area (Å²) in [5.41, 5.74) is 18.1. The molecule has 1 heterocycles. The number of fused-ring (bicyclic) bond motifs is 1. The van der Waals surface area contributed by atoms with E-state index in [1.165, 1.54) is 4.90 Å². The van der Waals surface area contributed by atoms with Crippen molar-refractivity contribution < 1.29 is 9.59 Å². The van der Waals surface area contributed by atoms with Gasteiger partial charge in [-0.1, -0.05) is 0 Å². The molecular weight excluding hydrogens is 338 g/mol. The van der Waals surface area contributed by atoms with Crippen molar-refractivity contribution in [2.24, 2.45) is 11.5 Å². The Labute approximate surface area is 129 Å². The Balaban J connectivity index is 2.59. The lowest BCUT2D eigenvalue weighted by atomic mass is 10.1. The zero-order valence-corrected chi connectivity index (χ0v) is 12.6. The van der Waals surface area contributed by atoms with Gasteiger partial charge in [0.2, 0.25) is 11.8 Å². The minimum atomic E-state index is -0.571. The third-order valence-corrected chi connectivity index (χ3v) is 3.30. The number of rotatable bonds is 5. The van der Waals surface area contributed by atoms with Crippen molar-refractivity contribution in [3.63, 3.8) is 0 Å².